The molecule has 1 aromatic rings. The SMILES string of the molecule is CCCc1c(C(=O)N2CC(CN)CC2C)[nH]c(C)c1C(C)=O. The van der Waals surface area contributed by atoms with E-state index in [1.54, 1.807) is 6.92 Å². The van der Waals surface area contributed by atoms with Crippen molar-refractivity contribution in [2.75, 3.05) is 13.1 Å². The summed E-state index contributed by atoms with van der Waals surface area (Å²) in [4.78, 5) is 29.9. The lowest BCUT2D eigenvalue weighted by Gasteiger charge is -2.21. The number of hydrogen-bond acceptors (Lipinski definition) is 3. The maximum absolute atomic E-state index is 12.9. The first kappa shape index (κ1) is 16.7. The summed E-state index contributed by atoms with van der Waals surface area (Å²) in [6.45, 7) is 8.86. The lowest BCUT2D eigenvalue weighted by molar-refractivity contribution is 0.0737. The largest absolute Gasteiger partial charge is 0.354 e. The number of nitrogens with zero attached hydrogens (tertiary/aromatic N) is 1. The van der Waals surface area contributed by atoms with Crippen molar-refractivity contribution < 1.29 is 9.59 Å². The lowest BCUT2D eigenvalue weighted by Crippen LogP contribution is -2.35. The maximum atomic E-state index is 12.9. The molecule has 2 unspecified atom stereocenters. The number of aromatic nitrogens is 1. The molecule has 0 radical (unpaired) electrons. The summed E-state index contributed by atoms with van der Waals surface area (Å²) in [5.74, 6) is 0.393. The molecular weight excluding hydrogens is 278 g/mol. The second-order valence-corrected chi connectivity index (χ2v) is 6.43. The molecule has 0 bridgehead atoms. The smallest absolute Gasteiger partial charge is 0.270 e. The van der Waals surface area contributed by atoms with Crippen molar-refractivity contribution in [1.29, 1.82) is 0 Å². The van der Waals surface area contributed by atoms with E-state index >= 15 is 0 Å². The molecule has 1 saturated heterocycles. The molecule has 2 atom stereocenters. The van der Waals surface area contributed by atoms with E-state index in [0.717, 1.165) is 30.5 Å². The number of amides is 1. The highest BCUT2D eigenvalue weighted by Gasteiger charge is 2.34. The second-order valence-electron chi connectivity index (χ2n) is 6.43. The van der Waals surface area contributed by atoms with Gasteiger partial charge in [0.1, 0.15) is 5.69 Å². The topological polar surface area (TPSA) is 79.2 Å². The molecule has 0 spiro atoms. The van der Waals surface area contributed by atoms with E-state index in [4.69, 9.17) is 5.73 Å². The maximum Gasteiger partial charge on any atom is 0.270 e. The van der Waals surface area contributed by atoms with Gasteiger partial charge in [-0.1, -0.05) is 13.3 Å². The Morgan fingerprint density at radius 2 is 2.09 bits per heavy atom. The molecule has 1 amide bonds. The zero-order valence-corrected chi connectivity index (χ0v) is 14.0. The molecule has 1 aliphatic rings. The van der Waals surface area contributed by atoms with Crippen LogP contribution in [0.4, 0.5) is 0 Å². The molecule has 2 rings (SSSR count). The van der Waals surface area contributed by atoms with Crippen LogP contribution in [0.3, 0.4) is 0 Å². The molecule has 1 aliphatic heterocycles. The Morgan fingerprint density at radius 1 is 1.41 bits per heavy atom. The van der Waals surface area contributed by atoms with Gasteiger partial charge in [-0.2, -0.15) is 0 Å². The van der Waals surface area contributed by atoms with Crippen molar-refractivity contribution >= 4 is 11.7 Å². The molecule has 1 aromatic heterocycles. The minimum Gasteiger partial charge on any atom is -0.354 e. The minimum absolute atomic E-state index is 0.00231. The fourth-order valence-corrected chi connectivity index (χ4v) is 3.58. The van der Waals surface area contributed by atoms with Crippen LogP contribution in [0.5, 0.6) is 0 Å². The van der Waals surface area contributed by atoms with Crippen molar-refractivity contribution in [3.05, 3.63) is 22.5 Å². The van der Waals surface area contributed by atoms with Gasteiger partial charge in [0.2, 0.25) is 0 Å². The molecule has 3 N–H and O–H groups in total. The number of nitrogens with two attached hydrogens (primary N) is 1. The van der Waals surface area contributed by atoms with Crippen LogP contribution in [0.15, 0.2) is 0 Å². The Kier molecular flexibility index (Phi) is 5.06. The highest BCUT2D eigenvalue weighted by Crippen LogP contribution is 2.28. The highest BCUT2D eigenvalue weighted by molar-refractivity contribution is 6.02. The van der Waals surface area contributed by atoms with Gasteiger partial charge in [-0.05, 0) is 51.6 Å². The quantitative estimate of drug-likeness (QED) is 0.819. The Bertz CT molecular complexity index is 577. The van der Waals surface area contributed by atoms with Crippen LogP contribution in [0.1, 0.15) is 65.7 Å². The average molecular weight is 305 g/mol. The number of hydrogen-bond donors (Lipinski definition) is 2. The minimum atomic E-state index is 0.00231. The first-order chi connectivity index (χ1) is 10.4. The summed E-state index contributed by atoms with van der Waals surface area (Å²) in [6, 6.07) is 0.194. The van der Waals surface area contributed by atoms with Crippen LogP contribution in [-0.4, -0.2) is 40.7 Å². The van der Waals surface area contributed by atoms with Crippen LogP contribution in [0, 0.1) is 12.8 Å². The van der Waals surface area contributed by atoms with Gasteiger partial charge in [-0.25, -0.2) is 0 Å². The summed E-state index contributed by atoms with van der Waals surface area (Å²) in [6.07, 6.45) is 2.59. The molecule has 5 nitrogen and oxygen atoms in total. The molecule has 0 saturated carbocycles. The normalized spacial score (nSPS) is 21.4. The zero-order valence-electron chi connectivity index (χ0n) is 14.0. The van der Waals surface area contributed by atoms with Crippen LogP contribution < -0.4 is 5.73 Å². The third-order valence-corrected chi connectivity index (χ3v) is 4.61. The average Bonchev–Trinajstić information content (AvgIpc) is 2.99. The van der Waals surface area contributed by atoms with Gasteiger partial charge in [0.25, 0.3) is 5.91 Å². The van der Waals surface area contributed by atoms with Gasteiger partial charge in [-0.15, -0.1) is 0 Å². The number of aryl methyl sites for hydroxylation is 1. The number of likely N-dealkylation sites (tertiary alicyclic amines) is 1. The van der Waals surface area contributed by atoms with Crippen LogP contribution in [0.25, 0.3) is 0 Å². The second kappa shape index (κ2) is 6.65. The Morgan fingerprint density at radius 3 is 2.59 bits per heavy atom. The molecule has 5 heteroatoms. The monoisotopic (exact) mass is 305 g/mol. The van der Waals surface area contributed by atoms with Gasteiger partial charge in [-0.3, -0.25) is 9.59 Å². The third-order valence-electron chi connectivity index (χ3n) is 4.61. The lowest BCUT2D eigenvalue weighted by atomic mass is 10.0. The van der Waals surface area contributed by atoms with E-state index < -0.39 is 0 Å². The number of Topliss-reactive ketones (excluding diaryl/α,β-unsaturated/α-hetero) is 1. The van der Waals surface area contributed by atoms with E-state index in [2.05, 4.69) is 18.8 Å². The van der Waals surface area contributed by atoms with E-state index in [9.17, 15) is 9.59 Å². The molecule has 122 valence electrons. The van der Waals surface area contributed by atoms with Crippen molar-refractivity contribution in [3.8, 4) is 0 Å². The number of H-pyrrole nitrogens is 1. The highest BCUT2D eigenvalue weighted by atomic mass is 16.2. The predicted octanol–water partition coefficient (Wildman–Crippen LogP) is 2.29. The van der Waals surface area contributed by atoms with Crippen molar-refractivity contribution in [2.24, 2.45) is 11.7 Å². The van der Waals surface area contributed by atoms with Crippen molar-refractivity contribution in [3.63, 3.8) is 0 Å². The van der Waals surface area contributed by atoms with Gasteiger partial charge in [0.05, 0.1) is 0 Å². The van der Waals surface area contributed by atoms with Crippen LogP contribution in [-0.2, 0) is 6.42 Å². The van der Waals surface area contributed by atoms with Gasteiger partial charge in [0, 0.05) is 23.8 Å². The number of aromatic amines is 1. The summed E-state index contributed by atoms with van der Waals surface area (Å²) in [5.41, 5.74) is 8.70. The number of carbonyl (C=O) groups excluding carboxylic acids is 2. The molecule has 1 fully saturated rings. The van der Waals surface area contributed by atoms with Gasteiger partial charge >= 0.3 is 0 Å². The van der Waals surface area contributed by atoms with Gasteiger partial charge < -0.3 is 15.6 Å². The number of carbonyl (C=O) groups is 2. The Hall–Kier alpha value is -1.62. The Balaban J connectivity index is 2.37. The summed E-state index contributed by atoms with van der Waals surface area (Å²) >= 11 is 0. The van der Waals surface area contributed by atoms with E-state index in [-0.39, 0.29) is 17.7 Å². The summed E-state index contributed by atoms with van der Waals surface area (Å²) < 4.78 is 0. The molecule has 0 aliphatic carbocycles. The number of rotatable bonds is 5. The standard InChI is InChI=1S/C17H27N3O2/c1-5-6-14-15(12(4)21)11(3)19-16(14)17(22)20-9-13(8-18)7-10(20)2/h10,13,19H,5-9,18H2,1-4H3. The van der Waals surface area contributed by atoms with Gasteiger partial charge in [0.15, 0.2) is 5.78 Å². The number of nitrogens with one attached hydrogen (secondary N) is 1. The summed E-state index contributed by atoms with van der Waals surface area (Å²) in [5, 5.41) is 0. The molecule has 2 heterocycles. The van der Waals surface area contributed by atoms with Crippen molar-refractivity contribution in [1.82, 2.24) is 9.88 Å². The van der Waals surface area contributed by atoms with Crippen LogP contribution >= 0.6 is 0 Å². The van der Waals surface area contributed by atoms with E-state index in [0.29, 0.717) is 30.3 Å². The molecule has 0 aromatic carbocycles. The van der Waals surface area contributed by atoms with Crippen molar-refractivity contribution in [2.45, 2.75) is 53.0 Å². The molecular formula is C17H27N3O2. The predicted molar refractivity (Wildman–Crippen MR) is 87.2 cm³/mol. The third kappa shape index (κ3) is 2.95. The fraction of sp³-hybridized carbons (Fsp3) is 0.647. The van der Waals surface area contributed by atoms with E-state index in [1.807, 2.05) is 11.8 Å². The summed E-state index contributed by atoms with van der Waals surface area (Å²) in [7, 11) is 0. The van der Waals surface area contributed by atoms with E-state index in [1.165, 1.54) is 0 Å². The first-order valence-electron chi connectivity index (χ1n) is 8.14. The fourth-order valence-electron chi connectivity index (χ4n) is 3.58. The number of ketones is 1. The molecule has 22 heavy (non-hydrogen) atoms. The van der Waals surface area contributed by atoms with Crippen LogP contribution in [0.2, 0.25) is 0 Å². The zero-order chi connectivity index (χ0) is 16.4. The first-order valence-corrected chi connectivity index (χ1v) is 8.14. The Labute approximate surface area is 132 Å².